The Balaban J connectivity index is 0.00000112. The summed E-state index contributed by atoms with van der Waals surface area (Å²) in [6.45, 7) is 0. The summed E-state index contributed by atoms with van der Waals surface area (Å²) < 4.78 is 22.0. The van der Waals surface area contributed by atoms with E-state index in [-0.39, 0.29) is 6.32 Å². The maximum atomic E-state index is 11.0. The van der Waals surface area contributed by atoms with E-state index in [1.807, 2.05) is 18.2 Å². The van der Waals surface area contributed by atoms with Gasteiger partial charge in [0.05, 0.1) is 5.52 Å². The Morgan fingerprint density at radius 1 is 1.29 bits per heavy atom. The van der Waals surface area contributed by atoms with Crippen LogP contribution in [0.4, 0.5) is 0 Å². The summed E-state index contributed by atoms with van der Waals surface area (Å²) in [7, 11) is -3.66. The Morgan fingerprint density at radius 2 is 2.00 bits per heavy atom. The molecular formula is C9H9N2O2S+. The van der Waals surface area contributed by atoms with Gasteiger partial charge in [-0.2, -0.15) is 0 Å². The summed E-state index contributed by atoms with van der Waals surface area (Å²) in [5.74, 6) is 0. The van der Waals surface area contributed by atoms with Crippen molar-refractivity contribution in [2.45, 2.75) is 4.90 Å². The number of nitrogens with zero attached hydrogens (tertiary/aromatic N) is 1. The predicted molar refractivity (Wildman–Crippen MR) is 54.2 cm³/mol. The second-order valence-electron chi connectivity index (χ2n) is 2.91. The van der Waals surface area contributed by atoms with Crippen LogP contribution in [0.15, 0.2) is 41.4 Å². The summed E-state index contributed by atoms with van der Waals surface area (Å²) in [5, 5.41) is 5.74. The van der Waals surface area contributed by atoms with E-state index in [9.17, 15) is 8.42 Å². The number of primary sulfonamides is 1. The minimum Gasteiger partial charge on any atom is -0.255 e. The van der Waals surface area contributed by atoms with Crippen molar-refractivity contribution in [1.82, 2.24) is 4.98 Å². The molecule has 2 aromatic rings. The lowest BCUT2D eigenvalue weighted by molar-refractivity contribution is 0.597. The molecule has 0 bridgehead atoms. The van der Waals surface area contributed by atoms with E-state index < -0.39 is 10.0 Å². The van der Waals surface area contributed by atoms with Crippen LogP contribution >= 0.6 is 0 Å². The number of hydrogen-bond acceptors (Lipinski definition) is 3. The molecule has 2 N–H and O–H groups in total. The zero-order valence-electron chi connectivity index (χ0n) is 8.21. The number of rotatable bonds is 1. The van der Waals surface area contributed by atoms with Crippen LogP contribution in [0.5, 0.6) is 0 Å². The van der Waals surface area contributed by atoms with Crippen molar-refractivity contribution in [3.8, 4) is 0 Å². The highest BCUT2D eigenvalue weighted by Gasteiger charge is 2.08. The number of hydrogen-bond donors (Lipinski definition) is 1. The van der Waals surface area contributed by atoms with E-state index in [1.54, 1.807) is 6.07 Å². The first-order valence-corrected chi connectivity index (χ1v) is 5.49. The molecule has 1 heterocycles. The monoisotopic (exact) mass is 209 g/mol. The van der Waals surface area contributed by atoms with Crippen LogP contribution in [0.2, 0.25) is 0 Å². The topological polar surface area (TPSA) is 73.1 Å². The van der Waals surface area contributed by atoms with Crippen LogP contribution in [0.1, 0.15) is 1.43 Å². The average molecular weight is 209 g/mol. The molecule has 14 heavy (non-hydrogen) atoms. The van der Waals surface area contributed by atoms with E-state index >= 15 is 0 Å². The zero-order chi connectivity index (χ0) is 10.2. The molecule has 2 rings (SSSR count). The summed E-state index contributed by atoms with van der Waals surface area (Å²) >= 11 is 0. The molecule has 1 aromatic heterocycles. The molecule has 0 radical (unpaired) electrons. The Labute approximate surface area is 82.9 Å². The van der Waals surface area contributed by atoms with Gasteiger partial charge in [0.25, 0.3) is 0 Å². The highest BCUT2D eigenvalue weighted by Crippen LogP contribution is 2.14. The van der Waals surface area contributed by atoms with Gasteiger partial charge in [-0.15, -0.1) is 0 Å². The third kappa shape index (κ3) is 1.59. The van der Waals surface area contributed by atoms with Gasteiger partial charge < -0.3 is 0 Å². The average Bonchev–Trinajstić information content (AvgIpc) is 2.16. The van der Waals surface area contributed by atoms with Crippen LogP contribution in [0, 0.1) is 0 Å². The number of pyridine rings is 1. The second kappa shape index (κ2) is 3.04. The maximum absolute atomic E-state index is 11.0. The highest BCUT2D eigenvalue weighted by atomic mass is 32.2. The lowest BCUT2D eigenvalue weighted by Crippen LogP contribution is -2.12. The van der Waals surface area contributed by atoms with Gasteiger partial charge in [0.15, 0.2) is 0 Å². The molecular weight excluding hydrogens is 200 g/mol. The molecule has 0 aliphatic carbocycles. The summed E-state index contributed by atoms with van der Waals surface area (Å²) in [6, 6.07) is 8.76. The first-order chi connectivity index (χ1) is 6.57. The fourth-order valence-corrected chi connectivity index (χ4v) is 1.70. The van der Waals surface area contributed by atoms with Gasteiger partial charge in [-0.1, -0.05) is 18.2 Å². The molecule has 0 fully saturated rings. The number of para-hydroxylation sites is 1. The molecule has 0 spiro atoms. The molecule has 0 unspecified atom stereocenters. The smallest absolute Gasteiger partial charge is 0.255 e. The van der Waals surface area contributed by atoms with Crippen LogP contribution in [0.3, 0.4) is 0 Å². The van der Waals surface area contributed by atoms with Gasteiger partial charge in [0.2, 0.25) is 10.0 Å². The van der Waals surface area contributed by atoms with Crippen LogP contribution in [0.25, 0.3) is 10.9 Å². The molecule has 0 aliphatic rings. The molecule has 0 saturated carbocycles. The molecule has 72 valence electrons. The largest absolute Gasteiger partial charge is 1.00 e. The molecule has 4 nitrogen and oxygen atoms in total. The van der Waals surface area contributed by atoms with E-state index in [0.29, 0.717) is 0 Å². The van der Waals surface area contributed by atoms with Crippen molar-refractivity contribution in [1.29, 1.82) is 0 Å². The van der Waals surface area contributed by atoms with E-state index in [0.717, 1.165) is 10.9 Å². The minimum absolute atomic E-state index is 0. The molecule has 0 saturated heterocycles. The van der Waals surface area contributed by atoms with Gasteiger partial charge in [-0.25, -0.2) is 13.6 Å². The third-order valence-electron chi connectivity index (χ3n) is 1.89. The molecule has 0 atom stereocenters. The summed E-state index contributed by atoms with van der Waals surface area (Å²) in [6.07, 6.45) is 1.26. The molecule has 5 heteroatoms. The maximum Gasteiger partial charge on any atom is 1.00 e. The molecule has 0 amide bonds. The number of benzene rings is 1. The highest BCUT2D eigenvalue weighted by molar-refractivity contribution is 7.89. The fourth-order valence-electron chi connectivity index (χ4n) is 1.21. The van der Waals surface area contributed by atoms with Crippen molar-refractivity contribution < 1.29 is 9.84 Å². The zero-order valence-corrected chi connectivity index (χ0v) is 8.03. The standard InChI is InChI=1S/C9H8N2O2S/c10-14(12,13)8-5-7-3-1-2-4-9(7)11-6-8/h1-6H,(H2,10,12,13)/p+1. The van der Waals surface area contributed by atoms with Crippen molar-refractivity contribution in [3.63, 3.8) is 0 Å². The third-order valence-corrected chi connectivity index (χ3v) is 2.77. The second-order valence-corrected chi connectivity index (χ2v) is 4.47. The number of fused-ring (bicyclic) bond motifs is 1. The lowest BCUT2D eigenvalue weighted by atomic mass is 10.2. The van der Waals surface area contributed by atoms with Gasteiger partial charge >= 0.3 is 1.43 Å². The Bertz CT molecular complexity index is 583. The normalized spacial score (nSPS) is 11.8. The van der Waals surface area contributed by atoms with Crippen LogP contribution in [-0.4, -0.2) is 13.4 Å². The Hall–Kier alpha value is -1.46. The Morgan fingerprint density at radius 3 is 2.71 bits per heavy atom. The molecule has 1 aromatic carbocycles. The van der Waals surface area contributed by atoms with E-state index in [4.69, 9.17) is 5.14 Å². The van der Waals surface area contributed by atoms with Gasteiger partial charge in [-0.3, -0.25) is 4.98 Å². The Kier molecular flexibility index (Phi) is 1.98. The first kappa shape index (κ1) is 9.11. The van der Waals surface area contributed by atoms with Crippen molar-refractivity contribution in [2.75, 3.05) is 0 Å². The summed E-state index contributed by atoms with van der Waals surface area (Å²) in [4.78, 5) is 4.03. The predicted octanol–water partition coefficient (Wildman–Crippen LogP) is 0.995. The number of sulfonamides is 1. The first-order valence-electron chi connectivity index (χ1n) is 3.95. The number of nitrogens with two attached hydrogens (primary N) is 1. The SMILES string of the molecule is NS(=O)(=O)c1cnc2ccccc2c1.[H+]. The van der Waals surface area contributed by atoms with Gasteiger partial charge in [-0.05, 0) is 12.1 Å². The summed E-state index contributed by atoms with van der Waals surface area (Å²) in [5.41, 5.74) is 0.750. The molecule has 0 aliphatic heterocycles. The van der Waals surface area contributed by atoms with E-state index in [2.05, 4.69) is 4.98 Å². The van der Waals surface area contributed by atoms with Gasteiger partial charge in [0, 0.05) is 11.6 Å². The quantitative estimate of drug-likeness (QED) is 0.761. The fraction of sp³-hybridized carbons (Fsp3) is 0. The lowest BCUT2D eigenvalue weighted by Gasteiger charge is -1.99. The van der Waals surface area contributed by atoms with Crippen molar-refractivity contribution in [3.05, 3.63) is 36.5 Å². The van der Waals surface area contributed by atoms with Gasteiger partial charge in [0.1, 0.15) is 4.90 Å². The van der Waals surface area contributed by atoms with Crippen molar-refractivity contribution in [2.24, 2.45) is 5.14 Å². The van der Waals surface area contributed by atoms with Crippen LogP contribution in [-0.2, 0) is 10.0 Å². The van der Waals surface area contributed by atoms with Crippen molar-refractivity contribution >= 4 is 20.9 Å². The minimum atomic E-state index is -3.66. The van der Waals surface area contributed by atoms with Crippen LogP contribution < -0.4 is 5.14 Å². The van der Waals surface area contributed by atoms with E-state index in [1.165, 1.54) is 12.3 Å². The number of aromatic nitrogens is 1.